The minimum Gasteiger partial charge on any atom is -0.493 e. The zero-order chi connectivity index (χ0) is 12.8. The fourth-order valence-electron chi connectivity index (χ4n) is 1.90. The summed E-state index contributed by atoms with van der Waals surface area (Å²) in [5.74, 6) is 0.889. The third kappa shape index (κ3) is 4.08. The Morgan fingerprint density at radius 3 is 2.41 bits per heavy atom. The molecule has 0 fully saturated rings. The van der Waals surface area contributed by atoms with Crippen LogP contribution in [0.4, 0.5) is 0 Å². The lowest BCUT2D eigenvalue weighted by atomic mass is 10.1. The minimum absolute atomic E-state index is 0.162. The van der Waals surface area contributed by atoms with Gasteiger partial charge in [-0.05, 0) is 31.9 Å². The molecule has 0 aromatic heterocycles. The number of nitrogens with zero attached hydrogens (tertiary/aromatic N) is 1. The normalized spacial score (nSPS) is 11.9. The molecule has 0 amide bonds. The topological polar surface area (TPSA) is 53.2 Å². The maximum atomic E-state index is 9.41. The first-order chi connectivity index (χ1) is 8.04. The van der Waals surface area contributed by atoms with Gasteiger partial charge in [0.15, 0.2) is 0 Å². The van der Waals surface area contributed by atoms with Gasteiger partial charge in [-0.3, -0.25) is 0 Å². The van der Waals surface area contributed by atoms with Gasteiger partial charge in [0.2, 0.25) is 0 Å². The second-order valence-corrected chi connectivity index (χ2v) is 4.38. The summed E-state index contributed by atoms with van der Waals surface area (Å²) >= 11 is 0. The molecular weight excluding hydrogens is 214 g/mol. The van der Waals surface area contributed by atoms with E-state index in [-0.39, 0.29) is 6.42 Å². The van der Waals surface area contributed by atoms with Crippen LogP contribution >= 0.6 is 0 Å². The highest BCUT2D eigenvalue weighted by Gasteiger charge is 2.07. The Morgan fingerprint density at radius 2 is 1.88 bits per heavy atom. The standard InChI is InChI=1S/C14H19NO2/c1-10-8-11(2)14(12(3)9-10)17-7-5-13(16)4-6-15/h8-9,13,16H,4-5,7H2,1-3H3. The molecule has 0 aliphatic heterocycles. The van der Waals surface area contributed by atoms with Crippen LogP contribution in [-0.2, 0) is 0 Å². The third-order valence-corrected chi connectivity index (χ3v) is 2.63. The van der Waals surface area contributed by atoms with Gasteiger partial charge in [0.25, 0.3) is 0 Å². The first-order valence-corrected chi connectivity index (χ1v) is 5.80. The molecule has 17 heavy (non-hydrogen) atoms. The third-order valence-electron chi connectivity index (χ3n) is 2.63. The highest BCUT2D eigenvalue weighted by Crippen LogP contribution is 2.24. The highest BCUT2D eigenvalue weighted by molar-refractivity contribution is 5.42. The van der Waals surface area contributed by atoms with Gasteiger partial charge in [0.05, 0.1) is 25.2 Å². The highest BCUT2D eigenvalue weighted by atomic mass is 16.5. The summed E-state index contributed by atoms with van der Waals surface area (Å²) in [6.07, 6.45) is 0.0567. The molecule has 0 spiro atoms. The predicted molar refractivity (Wildman–Crippen MR) is 67.0 cm³/mol. The summed E-state index contributed by atoms with van der Waals surface area (Å²) in [7, 11) is 0. The Balaban J connectivity index is 2.56. The van der Waals surface area contributed by atoms with Crippen molar-refractivity contribution in [3.8, 4) is 11.8 Å². The molecule has 1 N–H and O–H groups in total. The van der Waals surface area contributed by atoms with Crippen LogP contribution in [0.2, 0.25) is 0 Å². The first kappa shape index (κ1) is 13.5. The van der Waals surface area contributed by atoms with Crippen molar-refractivity contribution in [3.63, 3.8) is 0 Å². The van der Waals surface area contributed by atoms with Crippen molar-refractivity contribution in [3.05, 3.63) is 28.8 Å². The van der Waals surface area contributed by atoms with Crippen LogP contribution in [0.15, 0.2) is 12.1 Å². The number of benzene rings is 1. The van der Waals surface area contributed by atoms with Gasteiger partial charge in [-0.25, -0.2) is 0 Å². The largest absolute Gasteiger partial charge is 0.493 e. The number of aliphatic hydroxyl groups excluding tert-OH is 1. The molecule has 1 aromatic rings. The lowest BCUT2D eigenvalue weighted by Crippen LogP contribution is -2.11. The first-order valence-electron chi connectivity index (χ1n) is 5.80. The van der Waals surface area contributed by atoms with Crippen molar-refractivity contribution in [2.45, 2.75) is 39.7 Å². The van der Waals surface area contributed by atoms with E-state index in [1.165, 1.54) is 5.56 Å². The lowest BCUT2D eigenvalue weighted by molar-refractivity contribution is 0.143. The van der Waals surface area contributed by atoms with E-state index < -0.39 is 6.10 Å². The Kier molecular flexibility index (Phi) is 4.99. The van der Waals surface area contributed by atoms with Crippen LogP contribution in [0, 0.1) is 32.1 Å². The Morgan fingerprint density at radius 1 is 1.29 bits per heavy atom. The monoisotopic (exact) mass is 233 g/mol. The molecule has 0 aliphatic rings. The SMILES string of the molecule is Cc1cc(C)c(OCCC(O)CC#N)c(C)c1. The fourth-order valence-corrected chi connectivity index (χ4v) is 1.90. The van der Waals surface area contributed by atoms with E-state index in [2.05, 4.69) is 19.1 Å². The molecule has 0 bridgehead atoms. The van der Waals surface area contributed by atoms with Crippen LogP contribution in [0.1, 0.15) is 29.5 Å². The smallest absolute Gasteiger partial charge is 0.125 e. The Hall–Kier alpha value is -1.53. The fraction of sp³-hybridized carbons (Fsp3) is 0.500. The van der Waals surface area contributed by atoms with Crippen molar-refractivity contribution in [2.24, 2.45) is 0 Å². The second kappa shape index (κ2) is 6.27. The number of ether oxygens (including phenoxy) is 1. The van der Waals surface area contributed by atoms with Gasteiger partial charge >= 0.3 is 0 Å². The number of hydrogen-bond acceptors (Lipinski definition) is 3. The van der Waals surface area contributed by atoms with Crippen molar-refractivity contribution >= 4 is 0 Å². The van der Waals surface area contributed by atoms with Crippen LogP contribution in [-0.4, -0.2) is 17.8 Å². The summed E-state index contributed by atoms with van der Waals surface area (Å²) in [4.78, 5) is 0. The van der Waals surface area contributed by atoms with E-state index in [0.29, 0.717) is 13.0 Å². The van der Waals surface area contributed by atoms with Crippen LogP contribution in [0.25, 0.3) is 0 Å². The van der Waals surface area contributed by atoms with Crippen molar-refractivity contribution in [1.29, 1.82) is 5.26 Å². The van der Waals surface area contributed by atoms with Crippen molar-refractivity contribution in [2.75, 3.05) is 6.61 Å². The number of nitriles is 1. The molecule has 1 unspecified atom stereocenters. The van der Waals surface area contributed by atoms with Crippen LogP contribution in [0.3, 0.4) is 0 Å². The molecule has 1 aromatic carbocycles. The van der Waals surface area contributed by atoms with Gasteiger partial charge in [0, 0.05) is 6.42 Å². The van der Waals surface area contributed by atoms with Crippen molar-refractivity contribution < 1.29 is 9.84 Å². The maximum Gasteiger partial charge on any atom is 0.125 e. The summed E-state index contributed by atoms with van der Waals surface area (Å²) in [6, 6.07) is 6.10. The minimum atomic E-state index is -0.592. The summed E-state index contributed by atoms with van der Waals surface area (Å²) in [5, 5.41) is 17.8. The Bertz CT molecular complexity index is 398. The van der Waals surface area contributed by atoms with E-state index in [1.807, 2.05) is 19.9 Å². The van der Waals surface area contributed by atoms with Crippen LogP contribution in [0.5, 0.6) is 5.75 Å². The maximum absolute atomic E-state index is 9.41. The van der Waals surface area contributed by atoms with Gasteiger partial charge in [0.1, 0.15) is 5.75 Å². The second-order valence-electron chi connectivity index (χ2n) is 4.38. The number of aryl methyl sites for hydroxylation is 3. The van der Waals surface area contributed by atoms with E-state index in [0.717, 1.165) is 16.9 Å². The van der Waals surface area contributed by atoms with E-state index in [9.17, 15) is 5.11 Å². The summed E-state index contributed by atoms with van der Waals surface area (Å²) in [6.45, 7) is 6.52. The number of aliphatic hydroxyl groups is 1. The van der Waals surface area contributed by atoms with Gasteiger partial charge < -0.3 is 9.84 Å². The predicted octanol–water partition coefficient (Wildman–Crippen LogP) is 2.66. The molecular formula is C14H19NO2. The molecule has 1 rings (SSSR count). The average molecular weight is 233 g/mol. The van der Waals surface area contributed by atoms with Crippen LogP contribution < -0.4 is 4.74 Å². The number of hydrogen-bond donors (Lipinski definition) is 1. The zero-order valence-corrected chi connectivity index (χ0v) is 10.7. The zero-order valence-electron chi connectivity index (χ0n) is 10.7. The summed E-state index contributed by atoms with van der Waals surface area (Å²) < 4.78 is 5.67. The van der Waals surface area contributed by atoms with E-state index in [4.69, 9.17) is 10.00 Å². The Labute approximate surface area is 103 Å². The average Bonchev–Trinajstić information content (AvgIpc) is 2.22. The molecule has 3 heteroatoms. The van der Waals surface area contributed by atoms with E-state index in [1.54, 1.807) is 0 Å². The molecule has 0 aliphatic carbocycles. The molecule has 92 valence electrons. The van der Waals surface area contributed by atoms with E-state index >= 15 is 0 Å². The van der Waals surface area contributed by atoms with Gasteiger partial charge in [-0.1, -0.05) is 17.7 Å². The quantitative estimate of drug-likeness (QED) is 0.850. The van der Waals surface area contributed by atoms with Gasteiger partial charge in [-0.2, -0.15) is 5.26 Å². The molecule has 0 radical (unpaired) electrons. The molecule has 1 atom stereocenters. The summed E-state index contributed by atoms with van der Waals surface area (Å²) in [5.41, 5.74) is 3.44. The number of rotatable bonds is 5. The lowest BCUT2D eigenvalue weighted by Gasteiger charge is -2.14. The molecule has 0 saturated carbocycles. The molecule has 3 nitrogen and oxygen atoms in total. The molecule has 0 heterocycles. The van der Waals surface area contributed by atoms with Gasteiger partial charge in [-0.15, -0.1) is 0 Å². The molecule has 0 saturated heterocycles. The van der Waals surface area contributed by atoms with Crippen molar-refractivity contribution in [1.82, 2.24) is 0 Å².